The molecular weight excluding hydrogens is 551 g/mol. The summed E-state index contributed by atoms with van der Waals surface area (Å²) in [5.74, 6) is -0.331. The fourth-order valence-corrected chi connectivity index (χ4v) is 5.32. The summed E-state index contributed by atoms with van der Waals surface area (Å²) < 4.78 is 33.3. The van der Waals surface area contributed by atoms with Crippen LogP contribution in [-0.2, 0) is 42.3 Å². The number of ether oxygens (including phenoxy) is 3. The zero-order valence-corrected chi connectivity index (χ0v) is 23.3. The highest BCUT2D eigenvalue weighted by atomic mass is 19.1. The smallest absolute Gasteiger partial charge is 0.335 e. The first-order valence-electron chi connectivity index (χ1n) is 13.7. The summed E-state index contributed by atoms with van der Waals surface area (Å²) in [5, 5.41) is 18.5. The molecule has 3 aromatic carbocycles. The largest absolute Gasteiger partial charge is 0.478 e. The molecule has 1 N–H and O–H groups in total. The molecule has 0 amide bonds. The van der Waals surface area contributed by atoms with Gasteiger partial charge < -0.3 is 23.9 Å². The van der Waals surface area contributed by atoms with Crippen molar-refractivity contribution in [1.29, 1.82) is 5.26 Å². The molecular formula is C33H27FN4O5. The minimum atomic E-state index is -0.988. The first-order chi connectivity index (χ1) is 20.9. The van der Waals surface area contributed by atoms with Gasteiger partial charge in [0, 0.05) is 37.3 Å². The molecule has 5 aromatic rings. The van der Waals surface area contributed by atoms with Crippen LogP contribution in [0.3, 0.4) is 0 Å². The molecule has 10 heteroatoms. The third kappa shape index (κ3) is 5.68. The Hall–Kier alpha value is -5.11. The number of carbonyl (C=O) groups is 1. The molecule has 0 saturated carbocycles. The number of hydrogen-bond donors (Lipinski definition) is 1. The molecule has 216 valence electrons. The SMILES string of the molecule is COCCn1c(Cc2ccc(-c3cccc(OCc4ccc(C#N)cc4F)n3)c3c2COC3)nc2ccc(C(=O)O)cc21. The summed E-state index contributed by atoms with van der Waals surface area (Å²) in [4.78, 5) is 21.1. The number of pyridine rings is 1. The number of fused-ring (bicyclic) bond motifs is 2. The van der Waals surface area contributed by atoms with E-state index in [-0.39, 0.29) is 17.7 Å². The molecule has 0 aliphatic carbocycles. The van der Waals surface area contributed by atoms with Gasteiger partial charge >= 0.3 is 5.97 Å². The second kappa shape index (κ2) is 12.0. The molecule has 6 rings (SSSR count). The molecule has 9 nitrogen and oxygen atoms in total. The van der Waals surface area contributed by atoms with Crippen molar-refractivity contribution in [1.82, 2.24) is 14.5 Å². The Bertz CT molecular complexity index is 1900. The van der Waals surface area contributed by atoms with Gasteiger partial charge in [0.15, 0.2) is 0 Å². The molecule has 0 bridgehead atoms. The van der Waals surface area contributed by atoms with E-state index in [4.69, 9.17) is 24.5 Å². The van der Waals surface area contributed by atoms with Gasteiger partial charge in [-0.15, -0.1) is 0 Å². The predicted octanol–water partition coefficient (Wildman–Crippen LogP) is 5.65. The average Bonchev–Trinajstić information content (AvgIpc) is 3.64. The van der Waals surface area contributed by atoms with E-state index in [0.29, 0.717) is 49.9 Å². The Balaban J connectivity index is 1.28. The molecule has 0 saturated heterocycles. The van der Waals surface area contributed by atoms with Crippen LogP contribution < -0.4 is 4.74 Å². The van der Waals surface area contributed by atoms with Crippen LogP contribution in [0.15, 0.2) is 66.7 Å². The zero-order chi connectivity index (χ0) is 29.9. The van der Waals surface area contributed by atoms with Gasteiger partial charge in [0.25, 0.3) is 0 Å². The number of aromatic nitrogens is 3. The molecule has 0 unspecified atom stereocenters. The third-order valence-corrected chi connectivity index (χ3v) is 7.52. The number of imidazole rings is 1. The molecule has 0 atom stereocenters. The van der Waals surface area contributed by atoms with Crippen molar-refractivity contribution in [3.05, 3.63) is 112 Å². The number of benzene rings is 3. The highest BCUT2D eigenvalue weighted by molar-refractivity contribution is 5.92. The standard InChI is InChI=1S/C33H27FN4O5/c1-41-12-11-38-30-14-22(33(39)40)8-10-29(30)36-31(38)15-21-7-9-24(26-19-42-18-25(21)26)28-3-2-4-32(37-28)43-17-23-6-5-20(16-35)13-27(23)34/h2-10,13-14H,11-12,15,17-19H2,1H3,(H,39,40). The van der Waals surface area contributed by atoms with E-state index in [2.05, 4.69) is 4.98 Å². The summed E-state index contributed by atoms with van der Waals surface area (Å²) in [6, 6.07) is 20.7. The monoisotopic (exact) mass is 578 g/mol. The summed E-state index contributed by atoms with van der Waals surface area (Å²) in [6.45, 7) is 1.85. The second-order valence-electron chi connectivity index (χ2n) is 10.1. The summed E-state index contributed by atoms with van der Waals surface area (Å²) in [7, 11) is 1.63. The quantitative estimate of drug-likeness (QED) is 0.226. The Morgan fingerprint density at radius 1 is 1.07 bits per heavy atom. The number of aromatic carboxylic acids is 1. The normalized spacial score (nSPS) is 12.3. The molecule has 2 aromatic heterocycles. The number of halogens is 1. The molecule has 3 heterocycles. The minimum Gasteiger partial charge on any atom is -0.478 e. The van der Waals surface area contributed by atoms with E-state index in [9.17, 15) is 14.3 Å². The van der Waals surface area contributed by atoms with Gasteiger partial charge in [-0.05, 0) is 53.1 Å². The van der Waals surface area contributed by atoms with E-state index in [1.807, 2.05) is 34.9 Å². The number of hydrogen-bond acceptors (Lipinski definition) is 7. The van der Waals surface area contributed by atoms with Crippen LogP contribution in [0.4, 0.5) is 4.39 Å². The van der Waals surface area contributed by atoms with E-state index >= 15 is 0 Å². The first-order valence-corrected chi connectivity index (χ1v) is 13.7. The van der Waals surface area contributed by atoms with Crippen molar-refractivity contribution in [3.63, 3.8) is 0 Å². The number of carboxylic acid groups (broad SMARTS) is 1. The number of nitriles is 1. The number of rotatable bonds is 10. The van der Waals surface area contributed by atoms with Crippen LogP contribution in [0.25, 0.3) is 22.3 Å². The van der Waals surface area contributed by atoms with Crippen LogP contribution in [0.1, 0.15) is 44.0 Å². The Kier molecular flexibility index (Phi) is 7.83. The maximum absolute atomic E-state index is 14.3. The lowest BCUT2D eigenvalue weighted by Gasteiger charge is -2.14. The maximum atomic E-state index is 14.3. The summed E-state index contributed by atoms with van der Waals surface area (Å²) >= 11 is 0. The Morgan fingerprint density at radius 3 is 2.70 bits per heavy atom. The van der Waals surface area contributed by atoms with Crippen molar-refractivity contribution in [2.45, 2.75) is 32.8 Å². The van der Waals surface area contributed by atoms with E-state index in [1.54, 1.807) is 37.4 Å². The van der Waals surface area contributed by atoms with Crippen LogP contribution >= 0.6 is 0 Å². The van der Waals surface area contributed by atoms with Crippen molar-refractivity contribution >= 4 is 17.0 Å². The van der Waals surface area contributed by atoms with Crippen molar-refractivity contribution in [2.75, 3.05) is 13.7 Å². The van der Waals surface area contributed by atoms with Crippen LogP contribution in [0, 0.1) is 17.1 Å². The summed E-state index contributed by atoms with van der Waals surface area (Å²) in [5.41, 5.74) is 7.06. The predicted molar refractivity (Wildman–Crippen MR) is 155 cm³/mol. The van der Waals surface area contributed by atoms with Gasteiger partial charge in [-0.2, -0.15) is 5.26 Å². The maximum Gasteiger partial charge on any atom is 0.335 e. The highest BCUT2D eigenvalue weighted by Crippen LogP contribution is 2.35. The van der Waals surface area contributed by atoms with Gasteiger partial charge in [0.1, 0.15) is 18.2 Å². The zero-order valence-electron chi connectivity index (χ0n) is 23.3. The molecule has 0 fully saturated rings. The number of nitrogens with zero attached hydrogens (tertiary/aromatic N) is 4. The van der Waals surface area contributed by atoms with E-state index < -0.39 is 11.8 Å². The van der Waals surface area contributed by atoms with Crippen molar-refractivity contribution in [3.8, 4) is 23.2 Å². The topological polar surface area (TPSA) is 119 Å². The fraction of sp³-hybridized carbons (Fsp3) is 0.212. The van der Waals surface area contributed by atoms with Crippen molar-refractivity contribution < 1.29 is 28.5 Å². The van der Waals surface area contributed by atoms with Crippen LogP contribution in [0.5, 0.6) is 5.88 Å². The van der Waals surface area contributed by atoms with Crippen LogP contribution in [0.2, 0.25) is 0 Å². The average molecular weight is 579 g/mol. The number of carboxylic acids is 1. The van der Waals surface area contributed by atoms with Gasteiger partial charge in [-0.1, -0.05) is 24.3 Å². The Morgan fingerprint density at radius 2 is 1.91 bits per heavy atom. The number of methoxy groups -OCH3 is 1. The van der Waals surface area contributed by atoms with Gasteiger partial charge in [-0.3, -0.25) is 0 Å². The fourth-order valence-electron chi connectivity index (χ4n) is 5.32. The third-order valence-electron chi connectivity index (χ3n) is 7.52. The molecule has 1 aliphatic rings. The Labute approximate surface area is 246 Å². The highest BCUT2D eigenvalue weighted by Gasteiger charge is 2.23. The van der Waals surface area contributed by atoms with Crippen LogP contribution in [-0.4, -0.2) is 39.3 Å². The minimum absolute atomic E-state index is 0.0216. The lowest BCUT2D eigenvalue weighted by molar-refractivity contribution is 0.0697. The molecule has 0 radical (unpaired) electrons. The van der Waals surface area contributed by atoms with Gasteiger partial charge in [-0.25, -0.2) is 19.2 Å². The second-order valence-corrected chi connectivity index (χ2v) is 10.1. The van der Waals surface area contributed by atoms with Crippen molar-refractivity contribution in [2.24, 2.45) is 0 Å². The van der Waals surface area contributed by atoms with Gasteiger partial charge in [0.2, 0.25) is 5.88 Å². The molecule has 0 spiro atoms. The first kappa shape index (κ1) is 28.0. The summed E-state index contributed by atoms with van der Waals surface area (Å²) in [6.07, 6.45) is 0.527. The van der Waals surface area contributed by atoms with E-state index in [0.717, 1.165) is 39.1 Å². The van der Waals surface area contributed by atoms with Gasteiger partial charge in [0.05, 0.1) is 53.7 Å². The lowest BCUT2D eigenvalue weighted by atomic mass is 9.94. The molecule has 1 aliphatic heterocycles. The van der Waals surface area contributed by atoms with E-state index in [1.165, 1.54) is 12.1 Å². The molecule has 43 heavy (non-hydrogen) atoms. The lowest BCUT2D eigenvalue weighted by Crippen LogP contribution is -2.10.